The van der Waals surface area contributed by atoms with Crippen molar-refractivity contribution in [1.82, 2.24) is 10.2 Å². The van der Waals surface area contributed by atoms with Crippen LogP contribution < -0.4 is 15.8 Å². The summed E-state index contributed by atoms with van der Waals surface area (Å²) in [6.07, 6.45) is 1.23. The van der Waals surface area contributed by atoms with Crippen molar-refractivity contribution in [2.45, 2.75) is 52.2 Å². The molecular formula is C25H33N5O4S. The molecule has 0 aliphatic carbocycles. The molecule has 1 aliphatic heterocycles. The Balaban J connectivity index is 1.91. The minimum absolute atomic E-state index is 0.0517. The van der Waals surface area contributed by atoms with E-state index in [1.165, 1.54) is 11.0 Å². The normalized spacial score (nSPS) is 19.3. The number of guanidine groups is 1. The quantitative estimate of drug-likeness (QED) is 0.513. The molecule has 188 valence electrons. The van der Waals surface area contributed by atoms with E-state index in [2.05, 4.69) is 15.0 Å². The van der Waals surface area contributed by atoms with Crippen LogP contribution >= 0.6 is 0 Å². The molecule has 0 saturated heterocycles. The predicted octanol–water partition coefficient (Wildman–Crippen LogP) is 3.01. The standard InChI is InChI=1S/C25H33N5O4S/c1-16(2)25(4)14-22(31)30(24(26)28-25)15-18-11-20(13-21(12-18)29-35(5,33)34)23(32)27-17(3)19-9-7-6-8-10-19/h6-13,16-17,29H,14-15H2,1-5H3,(H2,26,28)(H,27,32). The molecule has 2 unspecified atom stereocenters. The first-order chi connectivity index (χ1) is 16.3. The molecule has 2 aromatic carbocycles. The highest BCUT2D eigenvalue weighted by Gasteiger charge is 2.38. The maximum atomic E-state index is 13.1. The van der Waals surface area contributed by atoms with Gasteiger partial charge in [-0.1, -0.05) is 44.2 Å². The molecule has 0 bridgehead atoms. The number of sulfonamides is 1. The van der Waals surface area contributed by atoms with Crippen LogP contribution in [0.3, 0.4) is 0 Å². The highest BCUT2D eigenvalue weighted by atomic mass is 32.2. The summed E-state index contributed by atoms with van der Waals surface area (Å²) in [5.41, 5.74) is 7.52. The van der Waals surface area contributed by atoms with Crippen LogP contribution in [0.4, 0.5) is 5.69 Å². The van der Waals surface area contributed by atoms with E-state index in [4.69, 9.17) is 5.73 Å². The van der Waals surface area contributed by atoms with Gasteiger partial charge in [0.1, 0.15) is 0 Å². The summed E-state index contributed by atoms with van der Waals surface area (Å²) in [6, 6.07) is 13.9. The van der Waals surface area contributed by atoms with Gasteiger partial charge in [-0.3, -0.25) is 19.2 Å². The monoisotopic (exact) mass is 499 g/mol. The Labute approximate surface area is 206 Å². The van der Waals surface area contributed by atoms with E-state index in [0.717, 1.165) is 11.8 Å². The number of carbonyl (C=O) groups is 2. The maximum absolute atomic E-state index is 13.1. The van der Waals surface area contributed by atoms with Gasteiger partial charge in [-0.05, 0) is 49.1 Å². The summed E-state index contributed by atoms with van der Waals surface area (Å²) < 4.78 is 26.2. The third-order valence-corrected chi connectivity index (χ3v) is 6.85. The van der Waals surface area contributed by atoms with E-state index in [-0.39, 0.29) is 54.0 Å². The number of benzene rings is 2. The molecule has 0 saturated carbocycles. The lowest BCUT2D eigenvalue weighted by atomic mass is 9.84. The van der Waals surface area contributed by atoms with Crippen molar-refractivity contribution in [2.75, 3.05) is 11.0 Å². The van der Waals surface area contributed by atoms with Gasteiger partial charge in [0.25, 0.3) is 5.91 Å². The molecule has 1 aliphatic rings. The number of rotatable bonds is 8. The van der Waals surface area contributed by atoms with Crippen molar-refractivity contribution in [1.29, 1.82) is 0 Å². The van der Waals surface area contributed by atoms with E-state index >= 15 is 0 Å². The molecule has 2 aromatic rings. The Kier molecular flexibility index (Phi) is 7.54. The molecule has 4 N–H and O–H groups in total. The van der Waals surface area contributed by atoms with Gasteiger partial charge >= 0.3 is 0 Å². The Morgan fingerprint density at radius 1 is 1.17 bits per heavy atom. The third kappa shape index (κ3) is 6.60. The number of hydrogen-bond acceptors (Lipinski definition) is 6. The Bertz CT molecular complexity index is 1240. The lowest BCUT2D eigenvalue weighted by Crippen LogP contribution is -2.51. The van der Waals surface area contributed by atoms with Crippen LogP contribution in [0.15, 0.2) is 53.5 Å². The number of anilines is 1. The van der Waals surface area contributed by atoms with E-state index in [1.807, 2.05) is 58.0 Å². The number of nitrogens with zero attached hydrogens (tertiary/aromatic N) is 2. The van der Waals surface area contributed by atoms with E-state index in [9.17, 15) is 18.0 Å². The highest BCUT2D eigenvalue weighted by molar-refractivity contribution is 7.92. The van der Waals surface area contributed by atoms with Crippen LogP contribution in [0, 0.1) is 5.92 Å². The van der Waals surface area contributed by atoms with Gasteiger partial charge in [0.05, 0.1) is 30.8 Å². The lowest BCUT2D eigenvalue weighted by Gasteiger charge is -2.37. The number of nitrogens with one attached hydrogen (secondary N) is 2. The minimum atomic E-state index is -3.59. The van der Waals surface area contributed by atoms with Crippen LogP contribution in [-0.4, -0.2) is 42.9 Å². The SMILES string of the molecule is CC(NC(=O)c1cc(CN2C(=O)CC(C)(C(C)C)N=C2N)cc(NS(C)(=O)=O)c1)c1ccccc1. The highest BCUT2D eigenvalue weighted by Crippen LogP contribution is 2.30. The summed E-state index contributed by atoms with van der Waals surface area (Å²) in [5.74, 6) is -0.336. The smallest absolute Gasteiger partial charge is 0.251 e. The fraction of sp³-hybridized carbons (Fsp3) is 0.400. The predicted molar refractivity (Wildman–Crippen MR) is 137 cm³/mol. The van der Waals surface area contributed by atoms with E-state index in [1.54, 1.807) is 12.1 Å². The van der Waals surface area contributed by atoms with Crippen LogP contribution in [0.25, 0.3) is 0 Å². The number of aliphatic imine (C=N–C) groups is 1. The Morgan fingerprint density at radius 2 is 1.83 bits per heavy atom. The van der Waals surface area contributed by atoms with Crippen molar-refractivity contribution in [3.8, 4) is 0 Å². The minimum Gasteiger partial charge on any atom is -0.369 e. The average Bonchev–Trinajstić information content (AvgIpc) is 2.75. The fourth-order valence-electron chi connectivity index (χ4n) is 3.87. The molecule has 9 nitrogen and oxygen atoms in total. The second kappa shape index (κ2) is 10.1. The Hall–Kier alpha value is -3.40. The van der Waals surface area contributed by atoms with Gasteiger partial charge in [-0.15, -0.1) is 0 Å². The summed E-state index contributed by atoms with van der Waals surface area (Å²) in [4.78, 5) is 31.9. The average molecular weight is 500 g/mol. The number of carbonyl (C=O) groups excluding carboxylic acids is 2. The van der Waals surface area contributed by atoms with Crippen molar-refractivity contribution in [3.63, 3.8) is 0 Å². The van der Waals surface area contributed by atoms with Crippen LogP contribution in [0.1, 0.15) is 61.6 Å². The molecule has 0 spiro atoms. The first-order valence-electron chi connectivity index (χ1n) is 11.4. The second-order valence-corrected chi connectivity index (χ2v) is 11.3. The van der Waals surface area contributed by atoms with Gasteiger partial charge < -0.3 is 11.1 Å². The molecule has 2 amide bonds. The van der Waals surface area contributed by atoms with Gasteiger partial charge in [-0.25, -0.2) is 13.4 Å². The molecular weight excluding hydrogens is 466 g/mol. The van der Waals surface area contributed by atoms with Crippen molar-refractivity contribution in [2.24, 2.45) is 16.6 Å². The fourth-order valence-corrected chi connectivity index (χ4v) is 4.41. The zero-order chi connectivity index (χ0) is 26.0. The van der Waals surface area contributed by atoms with Gasteiger partial charge in [-0.2, -0.15) is 0 Å². The molecule has 10 heteroatoms. The first-order valence-corrected chi connectivity index (χ1v) is 13.3. The molecule has 1 heterocycles. The number of hydrogen-bond donors (Lipinski definition) is 3. The largest absolute Gasteiger partial charge is 0.369 e. The summed E-state index contributed by atoms with van der Waals surface area (Å²) in [7, 11) is -3.59. The molecule has 3 rings (SSSR count). The van der Waals surface area contributed by atoms with E-state index in [0.29, 0.717) is 5.56 Å². The van der Waals surface area contributed by atoms with E-state index < -0.39 is 15.6 Å². The molecule has 0 radical (unpaired) electrons. The zero-order valence-electron chi connectivity index (χ0n) is 20.7. The van der Waals surface area contributed by atoms with Gasteiger partial charge in [0.15, 0.2) is 5.96 Å². The molecule has 0 aromatic heterocycles. The van der Waals surface area contributed by atoms with Crippen molar-refractivity contribution >= 4 is 33.5 Å². The third-order valence-electron chi connectivity index (χ3n) is 6.25. The van der Waals surface area contributed by atoms with Gasteiger partial charge in [0.2, 0.25) is 15.9 Å². The van der Waals surface area contributed by atoms with Crippen LogP contribution in [0.5, 0.6) is 0 Å². The maximum Gasteiger partial charge on any atom is 0.251 e. The number of amides is 2. The second-order valence-electron chi connectivity index (χ2n) is 9.54. The first kappa shape index (κ1) is 26.2. The zero-order valence-corrected chi connectivity index (χ0v) is 21.5. The molecule has 35 heavy (non-hydrogen) atoms. The van der Waals surface area contributed by atoms with Crippen LogP contribution in [0.2, 0.25) is 0 Å². The molecule has 2 atom stereocenters. The summed E-state index contributed by atoms with van der Waals surface area (Å²) >= 11 is 0. The van der Waals surface area contributed by atoms with Crippen molar-refractivity contribution in [3.05, 3.63) is 65.2 Å². The summed E-state index contributed by atoms with van der Waals surface area (Å²) in [6.45, 7) is 7.79. The van der Waals surface area contributed by atoms with Crippen molar-refractivity contribution < 1.29 is 18.0 Å². The molecule has 0 fully saturated rings. The topological polar surface area (TPSA) is 134 Å². The van der Waals surface area contributed by atoms with Crippen LogP contribution in [-0.2, 0) is 21.4 Å². The summed E-state index contributed by atoms with van der Waals surface area (Å²) in [5, 5.41) is 2.93. The lowest BCUT2D eigenvalue weighted by molar-refractivity contribution is -0.130. The van der Waals surface area contributed by atoms with Gasteiger partial charge in [0, 0.05) is 11.3 Å². The number of nitrogens with two attached hydrogens (primary N) is 1. The Morgan fingerprint density at radius 3 is 2.40 bits per heavy atom.